The molecule has 2 aromatic rings. The molecular formula is C12H15N3O. The van der Waals surface area contributed by atoms with Crippen molar-refractivity contribution in [3.8, 4) is 17.1 Å². The second-order valence-corrected chi connectivity index (χ2v) is 4.09. The molecule has 16 heavy (non-hydrogen) atoms. The Balaban J connectivity index is 2.50. The molecule has 0 radical (unpaired) electrons. The van der Waals surface area contributed by atoms with Crippen molar-refractivity contribution in [2.75, 3.05) is 0 Å². The van der Waals surface area contributed by atoms with Gasteiger partial charge in [0.05, 0.1) is 5.56 Å². The van der Waals surface area contributed by atoms with E-state index < -0.39 is 0 Å². The van der Waals surface area contributed by atoms with Crippen LogP contribution in [-0.4, -0.2) is 19.9 Å². The predicted molar refractivity (Wildman–Crippen MR) is 62.2 cm³/mol. The molecule has 0 aliphatic heterocycles. The van der Waals surface area contributed by atoms with Gasteiger partial charge >= 0.3 is 0 Å². The SMILES string of the molecule is CC(C)c1nc(-c2ccccc2O)nn1C. The van der Waals surface area contributed by atoms with Crippen LogP contribution in [0.1, 0.15) is 25.6 Å². The lowest BCUT2D eigenvalue weighted by Crippen LogP contribution is -2.00. The van der Waals surface area contributed by atoms with Crippen molar-refractivity contribution < 1.29 is 5.11 Å². The first-order chi connectivity index (χ1) is 7.59. The molecule has 2 rings (SSSR count). The van der Waals surface area contributed by atoms with Crippen LogP contribution in [-0.2, 0) is 7.05 Å². The molecule has 0 amide bonds. The third-order valence-corrected chi connectivity index (χ3v) is 2.46. The van der Waals surface area contributed by atoms with Gasteiger partial charge in [-0.2, -0.15) is 5.10 Å². The molecule has 0 atom stereocenters. The molecule has 4 nitrogen and oxygen atoms in total. The number of nitrogens with zero attached hydrogens (tertiary/aromatic N) is 3. The minimum atomic E-state index is 0.211. The molecule has 0 saturated carbocycles. The number of phenolic OH excluding ortho intramolecular Hbond substituents is 1. The predicted octanol–water partition coefficient (Wildman–Crippen LogP) is 2.31. The van der Waals surface area contributed by atoms with Gasteiger partial charge < -0.3 is 5.11 Å². The van der Waals surface area contributed by atoms with Crippen LogP contribution in [0.3, 0.4) is 0 Å². The molecule has 0 aliphatic carbocycles. The summed E-state index contributed by atoms with van der Waals surface area (Å²) < 4.78 is 1.76. The van der Waals surface area contributed by atoms with Crippen molar-refractivity contribution in [2.24, 2.45) is 7.05 Å². The van der Waals surface area contributed by atoms with Crippen LogP contribution >= 0.6 is 0 Å². The first kappa shape index (κ1) is 10.7. The van der Waals surface area contributed by atoms with Gasteiger partial charge in [-0.1, -0.05) is 26.0 Å². The average Bonchev–Trinajstić information content (AvgIpc) is 2.61. The Hall–Kier alpha value is -1.84. The average molecular weight is 217 g/mol. The van der Waals surface area contributed by atoms with Crippen LogP contribution in [0.25, 0.3) is 11.4 Å². The number of aryl methyl sites for hydroxylation is 1. The van der Waals surface area contributed by atoms with Gasteiger partial charge in [-0.05, 0) is 12.1 Å². The summed E-state index contributed by atoms with van der Waals surface area (Å²) in [6.45, 7) is 4.14. The van der Waals surface area contributed by atoms with Crippen LogP contribution in [0.4, 0.5) is 0 Å². The normalized spacial score (nSPS) is 11.0. The summed E-state index contributed by atoms with van der Waals surface area (Å²) in [5, 5.41) is 14.0. The van der Waals surface area contributed by atoms with E-state index in [4.69, 9.17) is 0 Å². The van der Waals surface area contributed by atoms with Crippen LogP contribution in [0.5, 0.6) is 5.75 Å². The summed E-state index contributed by atoms with van der Waals surface area (Å²) in [6.07, 6.45) is 0. The van der Waals surface area contributed by atoms with E-state index in [2.05, 4.69) is 23.9 Å². The largest absolute Gasteiger partial charge is 0.507 e. The minimum absolute atomic E-state index is 0.211. The Morgan fingerprint density at radius 3 is 2.50 bits per heavy atom. The van der Waals surface area contributed by atoms with E-state index in [1.807, 2.05) is 19.2 Å². The van der Waals surface area contributed by atoms with Crippen molar-refractivity contribution in [3.63, 3.8) is 0 Å². The fraction of sp³-hybridized carbons (Fsp3) is 0.333. The van der Waals surface area contributed by atoms with E-state index in [0.29, 0.717) is 17.3 Å². The highest BCUT2D eigenvalue weighted by atomic mass is 16.3. The molecular weight excluding hydrogens is 202 g/mol. The monoisotopic (exact) mass is 217 g/mol. The topological polar surface area (TPSA) is 50.9 Å². The van der Waals surface area contributed by atoms with Crippen molar-refractivity contribution in [1.82, 2.24) is 14.8 Å². The van der Waals surface area contributed by atoms with Crippen LogP contribution in [0.2, 0.25) is 0 Å². The molecule has 0 fully saturated rings. The number of phenols is 1. The van der Waals surface area contributed by atoms with Crippen LogP contribution < -0.4 is 0 Å². The molecule has 0 saturated heterocycles. The molecule has 4 heteroatoms. The molecule has 1 heterocycles. The lowest BCUT2D eigenvalue weighted by atomic mass is 10.2. The number of para-hydroxylation sites is 1. The molecule has 84 valence electrons. The Kier molecular flexibility index (Phi) is 2.64. The molecule has 0 bridgehead atoms. The number of hydrogen-bond acceptors (Lipinski definition) is 3. The molecule has 0 spiro atoms. The van der Waals surface area contributed by atoms with Gasteiger partial charge in [0.2, 0.25) is 0 Å². The zero-order valence-corrected chi connectivity index (χ0v) is 9.68. The number of aromatic hydroxyl groups is 1. The van der Waals surface area contributed by atoms with Gasteiger partial charge in [0.25, 0.3) is 0 Å². The third kappa shape index (κ3) is 1.78. The first-order valence-corrected chi connectivity index (χ1v) is 5.29. The van der Waals surface area contributed by atoms with Crippen molar-refractivity contribution in [2.45, 2.75) is 19.8 Å². The van der Waals surface area contributed by atoms with E-state index in [1.54, 1.807) is 16.8 Å². The maximum Gasteiger partial charge on any atom is 0.185 e. The lowest BCUT2D eigenvalue weighted by Gasteiger charge is -2.00. The zero-order valence-electron chi connectivity index (χ0n) is 9.68. The van der Waals surface area contributed by atoms with Crippen LogP contribution in [0, 0.1) is 0 Å². The number of benzene rings is 1. The van der Waals surface area contributed by atoms with Crippen molar-refractivity contribution in [1.29, 1.82) is 0 Å². The van der Waals surface area contributed by atoms with Gasteiger partial charge in [-0.25, -0.2) is 4.98 Å². The summed E-state index contributed by atoms with van der Waals surface area (Å²) in [7, 11) is 1.87. The van der Waals surface area contributed by atoms with Crippen LogP contribution in [0.15, 0.2) is 24.3 Å². The number of hydrogen-bond donors (Lipinski definition) is 1. The highest BCUT2D eigenvalue weighted by Crippen LogP contribution is 2.26. The summed E-state index contributed by atoms with van der Waals surface area (Å²) in [4.78, 5) is 4.43. The molecule has 0 unspecified atom stereocenters. The summed E-state index contributed by atoms with van der Waals surface area (Å²) in [5.74, 6) is 2.02. The quantitative estimate of drug-likeness (QED) is 0.839. The smallest absolute Gasteiger partial charge is 0.185 e. The third-order valence-electron chi connectivity index (χ3n) is 2.46. The number of rotatable bonds is 2. The van der Waals surface area contributed by atoms with E-state index in [1.165, 1.54) is 0 Å². The molecule has 1 N–H and O–H groups in total. The minimum Gasteiger partial charge on any atom is -0.507 e. The first-order valence-electron chi connectivity index (χ1n) is 5.29. The second-order valence-electron chi connectivity index (χ2n) is 4.09. The maximum atomic E-state index is 9.71. The van der Waals surface area contributed by atoms with Crippen molar-refractivity contribution >= 4 is 0 Å². The summed E-state index contributed by atoms with van der Waals surface area (Å²) in [5.41, 5.74) is 0.671. The van der Waals surface area contributed by atoms with Gasteiger partial charge in [0, 0.05) is 13.0 Å². The van der Waals surface area contributed by atoms with E-state index in [0.717, 1.165) is 5.82 Å². The number of aromatic nitrogens is 3. The standard InChI is InChI=1S/C12H15N3O/c1-8(2)12-13-11(14-15(12)3)9-6-4-5-7-10(9)16/h4-8,16H,1-3H3. The lowest BCUT2D eigenvalue weighted by molar-refractivity contribution is 0.477. The Bertz CT molecular complexity index is 503. The highest BCUT2D eigenvalue weighted by Gasteiger charge is 2.13. The second kappa shape index (κ2) is 3.96. The molecule has 1 aromatic carbocycles. The Labute approximate surface area is 94.6 Å². The van der Waals surface area contributed by atoms with Gasteiger partial charge in [-0.15, -0.1) is 0 Å². The van der Waals surface area contributed by atoms with Crippen molar-refractivity contribution in [3.05, 3.63) is 30.1 Å². The fourth-order valence-electron chi connectivity index (χ4n) is 1.68. The maximum absolute atomic E-state index is 9.71. The van der Waals surface area contributed by atoms with E-state index >= 15 is 0 Å². The summed E-state index contributed by atoms with van der Waals surface area (Å²) in [6, 6.07) is 7.10. The van der Waals surface area contributed by atoms with Gasteiger partial charge in [0.15, 0.2) is 5.82 Å². The molecule has 0 aliphatic rings. The van der Waals surface area contributed by atoms with Gasteiger partial charge in [0.1, 0.15) is 11.6 Å². The fourth-order valence-corrected chi connectivity index (χ4v) is 1.68. The summed E-state index contributed by atoms with van der Waals surface area (Å²) >= 11 is 0. The highest BCUT2D eigenvalue weighted by molar-refractivity contribution is 5.63. The van der Waals surface area contributed by atoms with Gasteiger partial charge in [-0.3, -0.25) is 4.68 Å². The molecule has 1 aromatic heterocycles. The van der Waals surface area contributed by atoms with E-state index in [9.17, 15) is 5.11 Å². The Morgan fingerprint density at radius 2 is 1.94 bits per heavy atom. The Morgan fingerprint density at radius 1 is 1.25 bits per heavy atom. The van der Waals surface area contributed by atoms with E-state index in [-0.39, 0.29) is 5.75 Å². The zero-order chi connectivity index (χ0) is 11.7.